The van der Waals surface area contributed by atoms with Crippen LogP contribution in [0.25, 0.3) is 99.3 Å². The zero-order chi connectivity index (χ0) is 32.1. The molecule has 5 nitrogen and oxygen atoms in total. The fourth-order valence-corrected chi connectivity index (χ4v) is 7.71. The SMILES string of the molecule is c1ccc(-c2nc(-n3c4ccccc4c4cc5c6ccccc6n(-c6ccc7ccccc7c6)c5cc43)nc3c2oc2ccccc23)cc1. The van der Waals surface area contributed by atoms with Crippen molar-refractivity contribution in [3.05, 3.63) is 158 Å². The minimum absolute atomic E-state index is 0.608. The molecule has 0 fully saturated rings. The molecule has 0 aliphatic rings. The van der Waals surface area contributed by atoms with Crippen molar-refractivity contribution in [2.24, 2.45) is 0 Å². The van der Waals surface area contributed by atoms with E-state index in [1.165, 1.54) is 27.1 Å². The Labute approximate surface area is 279 Å². The predicted octanol–water partition coefficient (Wildman–Crippen LogP) is 11.4. The van der Waals surface area contributed by atoms with Gasteiger partial charge >= 0.3 is 0 Å². The number of benzene rings is 7. The van der Waals surface area contributed by atoms with Crippen LogP contribution in [0.3, 0.4) is 0 Å². The van der Waals surface area contributed by atoms with Gasteiger partial charge in [0.15, 0.2) is 5.58 Å². The summed E-state index contributed by atoms with van der Waals surface area (Å²) >= 11 is 0. The first-order valence-corrected chi connectivity index (χ1v) is 16.5. The first kappa shape index (κ1) is 26.4. The normalized spacial score (nSPS) is 12.1. The molecule has 0 spiro atoms. The smallest absolute Gasteiger partial charge is 0.236 e. The maximum Gasteiger partial charge on any atom is 0.236 e. The van der Waals surface area contributed by atoms with Crippen LogP contribution >= 0.6 is 0 Å². The van der Waals surface area contributed by atoms with E-state index >= 15 is 0 Å². The summed E-state index contributed by atoms with van der Waals surface area (Å²) in [4.78, 5) is 10.6. The highest BCUT2D eigenvalue weighted by molar-refractivity contribution is 6.19. The standard InChI is InChI=1S/C44H26N4O/c1-2-13-28(14-3-1)41-43-42(33-18-8-11-21-40(33)49-43)46-44(45-41)48-37-20-10-7-17-32(37)35-25-34-31-16-6-9-19-36(31)47(38(34)26-39(35)48)30-23-22-27-12-4-5-15-29(27)24-30/h1-26H. The van der Waals surface area contributed by atoms with Gasteiger partial charge in [-0.3, -0.25) is 4.57 Å². The van der Waals surface area contributed by atoms with Crippen molar-refractivity contribution in [2.45, 2.75) is 0 Å². The van der Waals surface area contributed by atoms with Crippen molar-refractivity contribution in [1.82, 2.24) is 19.1 Å². The number of furan rings is 1. The minimum Gasteiger partial charge on any atom is -0.452 e. The Hall–Kier alpha value is -6.72. The number of hydrogen-bond donors (Lipinski definition) is 0. The summed E-state index contributed by atoms with van der Waals surface area (Å²) in [7, 11) is 0. The second-order valence-electron chi connectivity index (χ2n) is 12.6. The van der Waals surface area contributed by atoms with Crippen LogP contribution in [0.15, 0.2) is 162 Å². The Balaban J connectivity index is 1.28. The maximum atomic E-state index is 6.43. The second kappa shape index (κ2) is 9.89. The molecule has 5 heteroatoms. The van der Waals surface area contributed by atoms with Crippen LogP contribution in [-0.2, 0) is 0 Å². The zero-order valence-corrected chi connectivity index (χ0v) is 26.2. The molecule has 0 unspecified atom stereocenters. The molecule has 0 bridgehead atoms. The Kier molecular flexibility index (Phi) is 5.32. The molecule has 7 aromatic carbocycles. The molecule has 4 heterocycles. The van der Waals surface area contributed by atoms with Crippen LogP contribution in [0.5, 0.6) is 0 Å². The molecular formula is C44H26N4O. The molecule has 0 aliphatic carbocycles. The van der Waals surface area contributed by atoms with Crippen molar-refractivity contribution >= 4 is 76.5 Å². The van der Waals surface area contributed by atoms with Gasteiger partial charge in [-0.2, -0.15) is 0 Å². The van der Waals surface area contributed by atoms with Crippen LogP contribution in [0.2, 0.25) is 0 Å². The van der Waals surface area contributed by atoms with Crippen LogP contribution in [0.1, 0.15) is 0 Å². The lowest BCUT2D eigenvalue weighted by atomic mass is 10.1. The Morgan fingerprint density at radius 3 is 1.86 bits per heavy atom. The van der Waals surface area contributed by atoms with E-state index in [9.17, 15) is 0 Å². The molecular weight excluding hydrogens is 601 g/mol. The molecule has 11 aromatic rings. The van der Waals surface area contributed by atoms with E-state index < -0.39 is 0 Å². The van der Waals surface area contributed by atoms with Crippen molar-refractivity contribution in [3.8, 4) is 22.9 Å². The minimum atomic E-state index is 0.608. The molecule has 0 radical (unpaired) electrons. The third-order valence-corrected chi connectivity index (χ3v) is 9.91. The second-order valence-corrected chi connectivity index (χ2v) is 12.6. The van der Waals surface area contributed by atoms with Crippen LogP contribution in [0.4, 0.5) is 0 Å². The van der Waals surface area contributed by atoms with Gasteiger partial charge < -0.3 is 8.98 Å². The number of para-hydroxylation sites is 3. The van der Waals surface area contributed by atoms with Gasteiger partial charge in [0.05, 0.1) is 22.1 Å². The summed E-state index contributed by atoms with van der Waals surface area (Å²) in [6, 6.07) is 55.5. The van der Waals surface area contributed by atoms with E-state index in [4.69, 9.17) is 14.4 Å². The Bertz CT molecular complexity index is 3110. The number of nitrogens with zero attached hydrogens (tertiary/aromatic N) is 4. The monoisotopic (exact) mass is 626 g/mol. The Morgan fingerprint density at radius 2 is 1.06 bits per heavy atom. The molecule has 11 rings (SSSR count). The van der Waals surface area contributed by atoms with Gasteiger partial charge in [0.25, 0.3) is 0 Å². The van der Waals surface area contributed by atoms with Gasteiger partial charge in [-0.25, -0.2) is 9.97 Å². The molecule has 0 saturated heterocycles. The summed E-state index contributed by atoms with van der Waals surface area (Å²) in [6.45, 7) is 0. The van der Waals surface area contributed by atoms with E-state index in [2.05, 4.69) is 130 Å². The number of fused-ring (bicyclic) bond motifs is 10. The van der Waals surface area contributed by atoms with Crippen molar-refractivity contribution in [1.29, 1.82) is 0 Å². The average molecular weight is 627 g/mol. The van der Waals surface area contributed by atoms with E-state index in [-0.39, 0.29) is 0 Å². The highest BCUT2D eigenvalue weighted by Crippen LogP contribution is 2.41. The molecule has 0 atom stereocenters. The third-order valence-electron chi connectivity index (χ3n) is 9.91. The van der Waals surface area contributed by atoms with Gasteiger partial charge in [0.1, 0.15) is 16.8 Å². The average Bonchev–Trinajstić information content (AvgIpc) is 3.81. The quantitative estimate of drug-likeness (QED) is 0.196. The highest BCUT2D eigenvalue weighted by atomic mass is 16.3. The molecule has 0 N–H and O–H groups in total. The molecule has 228 valence electrons. The lowest BCUT2D eigenvalue weighted by Crippen LogP contribution is -2.03. The van der Waals surface area contributed by atoms with Crippen LogP contribution < -0.4 is 0 Å². The molecule has 0 amide bonds. The lowest BCUT2D eigenvalue weighted by Gasteiger charge is -2.11. The summed E-state index contributed by atoms with van der Waals surface area (Å²) in [5.41, 5.74) is 9.57. The van der Waals surface area contributed by atoms with Crippen LogP contribution in [-0.4, -0.2) is 19.1 Å². The Morgan fingerprint density at radius 1 is 0.429 bits per heavy atom. The third kappa shape index (κ3) is 3.75. The van der Waals surface area contributed by atoms with Crippen LogP contribution in [0, 0.1) is 0 Å². The summed E-state index contributed by atoms with van der Waals surface area (Å²) in [5, 5.41) is 8.15. The first-order valence-electron chi connectivity index (χ1n) is 16.5. The van der Waals surface area contributed by atoms with Crippen molar-refractivity contribution in [3.63, 3.8) is 0 Å². The topological polar surface area (TPSA) is 48.8 Å². The molecule has 0 saturated carbocycles. The van der Waals surface area contributed by atoms with Gasteiger partial charge in [-0.1, -0.05) is 109 Å². The fraction of sp³-hybridized carbons (Fsp3) is 0. The largest absolute Gasteiger partial charge is 0.452 e. The van der Waals surface area contributed by atoms with Crippen molar-refractivity contribution < 1.29 is 4.42 Å². The van der Waals surface area contributed by atoms with Gasteiger partial charge in [0, 0.05) is 38.2 Å². The van der Waals surface area contributed by atoms with Gasteiger partial charge in [-0.15, -0.1) is 0 Å². The van der Waals surface area contributed by atoms with Gasteiger partial charge in [-0.05, 0) is 59.3 Å². The maximum absolute atomic E-state index is 6.43. The predicted molar refractivity (Wildman–Crippen MR) is 201 cm³/mol. The van der Waals surface area contributed by atoms with Crippen molar-refractivity contribution in [2.75, 3.05) is 0 Å². The van der Waals surface area contributed by atoms with Gasteiger partial charge in [0.2, 0.25) is 5.95 Å². The van der Waals surface area contributed by atoms with E-state index in [1.807, 2.05) is 36.4 Å². The zero-order valence-electron chi connectivity index (χ0n) is 26.2. The molecule has 0 aliphatic heterocycles. The summed E-state index contributed by atoms with van der Waals surface area (Å²) < 4.78 is 11.0. The summed E-state index contributed by atoms with van der Waals surface area (Å²) in [5.74, 6) is 0.608. The lowest BCUT2D eigenvalue weighted by molar-refractivity contribution is 0.666. The fourth-order valence-electron chi connectivity index (χ4n) is 7.71. The van der Waals surface area contributed by atoms with E-state index in [1.54, 1.807) is 0 Å². The van der Waals surface area contributed by atoms with E-state index in [0.717, 1.165) is 60.8 Å². The number of hydrogen-bond acceptors (Lipinski definition) is 3. The number of rotatable bonds is 3. The van der Waals surface area contributed by atoms with E-state index in [0.29, 0.717) is 11.5 Å². The molecule has 49 heavy (non-hydrogen) atoms. The summed E-state index contributed by atoms with van der Waals surface area (Å²) in [6.07, 6.45) is 0. The highest BCUT2D eigenvalue weighted by Gasteiger charge is 2.22. The number of aromatic nitrogens is 4. The first-order chi connectivity index (χ1) is 24.3. The molecule has 4 aromatic heterocycles.